The molecule has 0 spiro atoms. The van der Waals surface area contributed by atoms with Crippen LogP contribution in [0.25, 0.3) is 20.9 Å². The lowest BCUT2D eigenvalue weighted by atomic mass is 9.76. The van der Waals surface area contributed by atoms with Gasteiger partial charge in [-0.1, -0.05) is 181 Å². The molecule has 18 heteroatoms. The Balaban J connectivity index is 1.05. The van der Waals surface area contributed by atoms with Crippen molar-refractivity contribution >= 4 is 85.6 Å². The van der Waals surface area contributed by atoms with Gasteiger partial charge in [-0.15, -0.1) is 0 Å². The highest BCUT2D eigenvalue weighted by Crippen LogP contribution is 2.61. The second-order valence-electron chi connectivity index (χ2n) is 20.5. The van der Waals surface area contributed by atoms with Crippen molar-refractivity contribution in [3.63, 3.8) is 0 Å². The predicted molar refractivity (Wildman–Crippen MR) is 301 cm³/mol. The number of rotatable bonds is 14. The van der Waals surface area contributed by atoms with Crippen LogP contribution in [0.2, 0.25) is 0 Å². The van der Waals surface area contributed by atoms with Crippen molar-refractivity contribution in [2.24, 2.45) is 21.8 Å². The van der Waals surface area contributed by atoms with Crippen LogP contribution >= 0.6 is 22.7 Å². The average Bonchev–Trinajstić information content (AvgIpc) is 1.96. The number of nitrogens with zero attached hydrogens (tertiary/aromatic N) is 4. The van der Waals surface area contributed by atoms with Crippen LogP contribution in [0.1, 0.15) is 92.5 Å². The second kappa shape index (κ2) is 21.0. The summed E-state index contributed by atoms with van der Waals surface area (Å²) in [6, 6.07) is 44.8. The number of esters is 4. The minimum Gasteiger partial charge on any atom is -0.459 e. The molecule has 3 atom stereocenters. The summed E-state index contributed by atoms with van der Waals surface area (Å²) in [6.07, 6.45) is 1.22. The molecule has 6 aromatic carbocycles. The van der Waals surface area contributed by atoms with Gasteiger partial charge < -0.3 is 24.1 Å². The van der Waals surface area contributed by atoms with Crippen molar-refractivity contribution in [2.75, 3.05) is 0 Å². The molecule has 2 aromatic heterocycles. The van der Waals surface area contributed by atoms with Crippen LogP contribution in [0, 0.1) is 11.8 Å². The number of ether oxygens (including phenoxy) is 4. The number of hydrogen-bond acceptors (Lipinski definition) is 18. The van der Waals surface area contributed by atoms with Crippen LogP contribution in [-0.4, -0.2) is 67.7 Å². The minimum atomic E-state index is -2.57. The molecular weight excluding hydrogens is 1080 g/mol. The molecule has 0 aliphatic heterocycles. The van der Waals surface area contributed by atoms with Crippen LogP contribution in [0.15, 0.2) is 168 Å². The Morgan fingerprint density at radius 2 is 0.866 bits per heavy atom. The fraction of sp³-hybridized carbons (Fsp3) is 0.203. The Bertz CT molecular complexity index is 3890. The molecule has 82 heavy (non-hydrogen) atoms. The molecule has 2 heterocycles. The van der Waals surface area contributed by atoms with Gasteiger partial charge in [0.25, 0.3) is 0 Å². The van der Waals surface area contributed by atoms with E-state index < -0.39 is 70.0 Å². The third-order valence-electron chi connectivity index (χ3n) is 15.8. The first-order valence-corrected chi connectivity index (χ1v) is 28.2. The first-order valence-electron chi connectivity index (χ1n) is 26.6. The smallest absolute Gasteiger partial charge is 0.334 e. The number of carbonyl (C=O) groups is 7. The molecule has 3 unspecified atom stereocenters. The summed E-state index contributed by atoms with van der Waals surface area (Å²) in [5.74, 6) is -6.79. The zero-order valence-electron chi connectivity index (χ0n) is 43.4. The SMILES string of the molecule is O=C1C(=Nc2nc3c(s2)-c2cc4c(cc2C3(C(=O)OCc2ccccc2)C(=O)OCc2ccccc2)-c2sc(N=C3C(=O)C5CCCCC5C3=O)nc2C4(C(=O)OCc2ccccc2)C(=O)OCc2ccccc2)C(O)c2ccccc21. The number of aromatic nitrogens is 2. The highest BCUT2D eigenvalue weighted by atomic mass is 32.1. The van der Waals surface area contributed by atoms with Gasteiger partial charge in [-0.05, 0) is 75.0 Å². The number of aliphatic imine (C=N–C) groups is 2. The maximum atomic E-state index is 15.7. The Labute approximate surface area is 476 Å². The van der Waals surface area contributed by atoms with E-state index in [0.717, 1.165) is 35.5 Å². The van der Waals surface area contributed by atoms with Gasteiger partial charge in [0.05, 0.1) is 21.1 Å². The normalized spacial score (nSPS) is 18.9. The van der Waals surface area contributed by atoms with E-state index in [1.807, 2.05) is 0 Å². The molecule has 0 radical (unpaired) electrons. The topological polar surface area (TPSA) is 227 Å². The van der Waals surface area contributed by atoms with E-state index in [2.05, 4.69) is 9.98 Å². The number of aliphatic hydroxyl groups is 1. The summed E-state index contributed by atoms with van der Waals surface area (Å²) in [4.78, 5) is 124. The van der Waals surface area contributed by atoms with Gasteiger partial charge in [0, 0.05) is 17.4 Å². The molecule has 13 rings (SSSR count). The van der Waals surface area contributed by atoms with Crippen molar-refractivity contribution < 1.29 is 57.6 Å². The van der Waals surface area contributed by atoms with Crippen molar-refractivity contribution in [1.82, 2.24) is 9.97 Å². The first-order chi connectivity index (χ1) is 40.0. The third-order valence-corrected chi connectivity index (χ3v) is 17.8. The molecule has 406 valence electrons. The number of fused-ring (bicyclic) bond motifs is 8. The molecule has 1 N–H and O–H groups in total. The number of ketones is 3. The summed E-state index contributed by atoms with van der Waals surface area (Å²) in [5.41, 5.74) is -2.85. The van der Waals surface area contributed by atoms with E-state index in [4.69, 9.17) is 28.9 Å². The van der Waals surface area contributed by atoms with Crippen molar-refractivity contribution in [2.45, 2.75) is 69.0 Å². The van der Waals surface area contributed by atoms with E-state index in [1.54, 1.807) is 146 Å². The first kappa shape index (κ1) is 52.2. The maximum absolute atomic E-state index is 15.7. The summed E-state index contributed by atoms with van der Waals surface area (Å²) < 4.78 is 24.7. The standard InChI is InChI=1S/C64H46N4O12S2/c69-49-39-25-13-14-26-40(39)50(70)47(49)65-61-67-55-53(81-61)43-30-46-44(29-45(43)63(55,57(73)77-31-35-17-5-1-6-18-35)58(74)78-32-36-19-7-2-8-20-36)54-56(68-62(82-54)66-48-51(71)41-27-15-16-28-42(41)52(48)72)64(46,59(75)79-33-37-21-9-3-10-22-37)60(76)80-34-38-23-11-4-12-24-38/h1-14,17-26,29-30,41-42,49,69H,15-16,27-28,31-34H2. The molecule has 8 aromatic rings. The third kappa shape index (κ3) is 8.55. The molecular formula is C64H46N4O12S2. The summed E-state index contributed by atoms with van der Waals surface area (Å²) in [5, 5.41) is 11.3. The number of thiazole rings is 2. The number of aliphatic hydroxyl groups excluding tert-OH is 1. The van der Waals surface area contributed by atoms with Gasteiger partial charge in [0.15, 0.2) is 17.3 Å². The van der Waals surface area contributed by atoms with Crippen molar-refractivity contribution in [1.29, 1.82) is 0 Å². The van der Waals surface area contributed by atoms with E-state index in [1.165, 1.54) is 12.1 Å². The molecule has 0 bridgehead atoms. The quantitative estimate of drug-likeness (QED) is 0.0607. The summed E-state index contributed by atoms with van der Waals surface area (Å²) in [7, 11) is 0. The monoisotopic (exact) mass is 1130 g/mol. The lowest BCUT2D eigenvalue weighted by molar-refractivity contribution is -0.166. The number of carbonyl (C=O) groups excluding carboxylic acids is 7. The molecule has 0 saturated heterocycles. The largest absolute Gasteiger partial charge is 0.459 e. The fourth-order valence-corrected chi connectivity index (χ4v) is 13.8. The summed E-state index contributed by atoms with van der Waals surface area (Å²) >= 11 is 1.78. The second-order valence-corrected chi connectivity index (χ2v) is 22.5. The molecule has 5 aliphatic carbocycles. The molecule has 0 amide bonds. The fourth-order valence-electron chi connectivity index (χ4n) is 11.8. The van der Waals surface area contributed by atoms with Crippen LogP contribution in [0.5, 0.6) is 0 Å². The Kier molecular flexibility index (Phi) is 13.4. The van der Waals surface area contributed by atoms with E-state index in [-0.39, 0.29) is 97.1 Å². The van der Waals surface area contributed by atoms with Gasteiger partial charge in [-0.3, -0.25) is 33.6 Å². The van der Waals surface area contributed by atoms with E-state index in [0.29, 0.717) is 40.7 Å². The molecule has 16 nitrogen and oxygen atoms in total. The number of Topliss-reactive ketones (excluding diaryl/α,β-unsaturated/α-hetero) is 3. The Hall–Kier alpha value is -9.23. The van der Waals surface area contributed by atoms with Gasteiger partial charge in [-0.25, -0.2) is 20.0 Å². The van der Waals surface area contributed by atoms with Crippen LogP contribution in [0.4, 0.5) is 10.3 Å². The molecule has 2 saturated carbocycles. The van der Waals surface area contributed by atoms with Crippen LogP contribution in [-0.2, 0) is 85.0 Å². The highest BCUT2D eigenvalue weighted by Gasteiger charge is 2.65. The van der Waals surface area contributed by atoms with E-state index in [9.17, 15) is 19.5 Å². The van der Waals surface area contributed by atoms with Crippen LogP contribution in [0.3, 0.4) is 0 Å². The molecule has 2 fully saturated rings. The zero-order chi connectivity index (χ0) is 56.3. The van der Waals surface area contributed by atoms with Gasteiger partial charge in [0.2, 0.25) is 26.9 Å². The number of benzene rings is 6. The lowest BCUT2D eigenvalue weighted by Gasteiger charge is -2.28. The lowest BCUT2D eigenvalue weighted by Crippen LogP contribution is -2.47. The van der Waals surface area contributed by atoms with Crippen molar-refractivity contribution in [3.8, 4) is 20.9 Å². The van der Waals surface area contributed by atoms with Crippen LogP contribution < -0.4 is 0 Å². The predicted octanol–water partition coefficient (Wildman–Crippen LogP) is 10.1. The Morgan fingerprint density at radius 1 is 0.500 bits per heavy atom. The van der Waals surface area contributed by atoms with Crippen molar-refractivity contribution in [3.05, 3.63) is 214 Å². The summed E-state index contributed by atoms with van der Waals surface area (Å²) in [6.45, 7) is -1.19. The van der Waals surface area contributed by atoms with Gasteiger partial charge in [0.1, 0.15) is 38.2 Å². The van der Waals surface area contributed by atoms with E-state index >= 15 is 19.2 Å². The maximum Gasteiger partial charge on any atom is 0.334 e. The van der Waals surface area contributed by atoms with Gasteiger partial charge in [-0.2, -0.15) is 0 Å². The van der Waals surface area contributed by atoms with Gasteiger partial charge >= 0.3 is 23.9 Å². The Morgan fingerprint density at radius 3 is 1.26 bits per heavy atom. The molecule has 5 aliphatic rings. The minimum absolute atomic E-state index is 0.00970. The zero-order valence-corrected chi connectivity index (χ0v) is 45.1. The average molecular weight is 1130 g/mol. The highest BCUT2D eigenvalue weighted by molar-refractivity contribution is 7.19. The number of hydrogen-bond donors (Lipinski definition) is 1.